The quantitative estimate of drug-likeness (QED) is 0.942. The molecule has 1 atom stereocenters. The second-order valence-electron chi connectivity index (χ2n) is 6.18. The van der Waals surface area contributed by atoms with E-state index in [0.29, 0.717) is 0 Å². The molecule has 3 rings (SSSR count). The second kappa shape index (κ2) is 6.00. The maximum absolute atomic E-state index is 10.1. The Bertz CT molecular complexity index is 577. The predicted octanol–water partition coefficient (Wildman–Crippen LogP) is 3.08. The molecule has 1 aromatic heterocycles. The number of benzene rings is 1. The molecule has 1 aliphatic rings. The van der Waals surface area contributed by atoms with Crippen LogP contribution in [0.1, 0.15) is 31.9 Å². The van der Waals surface area contributed by atoms with Gasteiger partial charge in [0.15, 0.2) is 5.76 Å². The Labute approximate surface area is 125 Å². The molecular weight excluding hydrogens is 264 g/mol. The van der Waals surface area contributed by atoms with E-state index in [2.05, 4.69) is 10.1 Å². The Morgan fingerprint density at radius 2 is 2.05 bits per heavy atom. The van der Waals surface area contributed by atoms with Crippen LogP contribution in [0.4, 0.5) is 0 Å². The van der Waals surface area contributed by atoms with E-state index in [1.807, 2.05) is 43.3 Å². The van der Waals surface area contributed by atoms with E-state index in [9.17, 15) is 5.11 Å². The molecule has 1 N–H and O–H groups in total. The van der Waals surface area contributed by atoms with Crippen LogP contribution in [0.25, 0.3) is 11.3 Å². The number of hydrogen-bond acceptors (Lipinski definition) is 4. The molecule has 1 unspecified atom stereocenters. The standard InChI is InChI=1S/C17H22N2O2/c1-17(20)8-5-10-19(11-9-17)13-15-12-16(21-18-15)14-6-3-2-4-7-14/h2-4,6-7,12,20H,5,8-11,13H2,1H3. The Kier molecular flexibility index (Phi) is 4.08. The summed E-state index contributed by atoms with van der Waals surface area (Å²) in [7, 11) is 0. The average Bonchev–Trinajstić information content (AvgIpc) is 2.87. The summed E-state index contributed by atoms with van der Waals surface area (Å²) in [5.41, 5.74) is 1.48. The average molecular weight is 286 g/mol. The molecule has 0 spiro atoms. The molecule has 112 valence electrons. The molecule has 1 saturated heterocycles. The van der Waals surface area contributed by atoms with E-state index in [1.54, 1.807) is 0 Å². The molecular formula is C17H22N2O2. The lowest BCUT2D eigenvalue weighted by Crippen LogP contribution is -2.28. The van der Waals surface area contributed by atoms with Crippen molar-refractivity contribution >= 4 is 0 Å². The topological polar surface area (TPSA) is 49.5 Å². The lowest BCUT2D eigenvalue weighted by molar-refractivity contribution is 0.0443. The van der Waals surface area contributed by atoms with Crippen molar-refractivity contribution in [2.75, 3.05) is 13.1 Å². The van der Waals surface area contributed by atoms with Crippen molar-refractivity contribution in [1.82, 2.24) is 10.1 Å². The zero-order valence-electron chi connectivity index (χ0n) is 12.5. The van der Waals surface area contributed by atoms with Gasteiger partial charge in [-0.05, 0) is 32.7 Å². The molecule has 1 aromatic carbocycles. The molecule has 2 aromatic rings. The molecule has 0 aliphatic carbocycles. The molecule has 0 saturated carbocycles. The third-order valence-electron chi connectivity index (χ3n) is 4.16. The highest BCUT2D eigenvalue weighted by atomic mass is 16.5. The Morgan fingerprint density at radius 1 is 1.24 bits per heavy atom. The minimum atomic E-state index is -0.520. The summed E-state index contributed by atoms with van der Waals surface area (Å²) < 4.78 is 5.44. The monoisotopic (exact) mass is 286 g/mol. The van der Waals surface area contributed by atoms with Crippen LogP contribution < -0.4 is 0 Å². The van der Waals surface area contributed by atoms with Crippen LogP contribution in [0.5, 0.6) is 0 Å². The van der Waals surface area contributed by atoms with Gasteiger partial charge in [-0.15, -0.1) is 0 Å². The van der Waals surface area contributed by atoms with Crippen LogP contribution in [0.3, 0.4) is 0 Å². The van der Waals surface area contributed by atoms with Gasteiger partial charge in [-0.25, -0.2) is 0 Å². The SMILES string of the molecule is CC1(O)CCCN(Cc2cc(-c3ccccc3)on2)CC1. The summed E-state index contributed by atoms with van der Waals surface area (Å²) in [6, 6.07) is 12.0. The van der Waals surface area contributed by atoms with Gasteiger partial charge in [-0.2, -0.15) is 0 Å². The molecule has 0 bridgehead atoms. The fourth-order valence-electron chi connectivity index (χ4n) is 2.83. The van der Waals surface area contributed by atoms with Gasteiger partial charge >= 0.3 is 0 Å². The van der Waals surface area contributed by atoms with E-state index in [-0.39, 0.29) is 0 Å². The van der Waals surface area contributed by atoms with Crippen LogP contribution in [0, 0.1) is 0 Å². The van der Waals surface area contributed by atoms with Crippen LogP contribution in [0.15, 0.2) is 40.9 Å². The van der Waals surface area contributed by atoms with Crippen LogP contribution >= 0.6 is 0 Å². The van der Waals surface area contributed by atoms with Gasteiger partial charge in [0.1, 0.15) is 0 Å². The Balaban J connectivity index is 1.65. The van der Waals surface area contributed by atoms with E-state index in [1.165, 1.54) is 0 Å². The van der Waals surface area contributed by atoms with Gasteiger partial charge in [-0.1, -0.05) is 35.5 Å². The van der Waals surface area contributed by atoms with Crippen molar-refractivity contribution in [3.8, 4) is 11.3 Å². The fraction of sp³-hybridized carbons (Fsp3) is 0.471. The van der Waals surface area contributed by atoms with Gasteiger partial charge in [0, 0.05) is 24.7 Å². The molecule has 0 amide bonds. The number of aliphatic hydroxyl groups is 1. The van der Waals surface area contributed by atoms with E-state index in [0.717, 1.165) is 55.9 Å². The summed E-state index contributed by atoms with van der Waals surface area (Å²) in [5.74, 6) is 0.812. The maximum Gasteiger partial charge on any atom is 0.167 e. The van der Waals surface area contributed by atoms with Crippen molar-refractivity contribution in [2.24, 2.45) is 0 Å². The number of likely N-dealkylation sites (tertiary alicyclic amines) is 1. The summed E-state index contributed by atoms with van der Waals surface area (Å²) in [4.78, 5) is 2.34. The van der Waals surface area contributed by atoms with Gasteiger partial charge in [0.2, 0.25) is 0 Å². The minimum absolute atomic E-state index is 0.520. The van der Waals surface area contributed by atoms with Crippen molar-refractivity contribution in [2.45, 2.75) is 38.3 Å². The van der Waals surface area contributed by atoms with E-state index < -0.39 is 5.60 Å². The predicted molar refractivity (Wildman–Crippen MR) is 81.7 cm³/mol. The molecule has 21 heavy (non-hydrogen) atoms. The lowest BCUT2D eigenvalue weighted by Gasteiger charge is -2.21. The largest absolute Gasteiger partial charge is 0.390 e. The van der Waals surface area contributed by atoms with Crippen LogP contribution in [-0.2, 0) is 6.54 Å². The maximum atomic E-state index is 10.1. The zero-order valence-corrected chi connectivity index (χ0v) is 12.5. The number of aromatic nitrogens is 1. The molecule has 0 radical (unpaired) electrons. The highest BCUT2D eigenvalue weighted by Crippen LogP contribution is 2.24. The van der Waals surface area contributed by atoms with Gasteiger partial charge in [0.05, 0.1) is 11.3 Å². The van der Waals surface area contributed by atoms with Crippen LogP contribution in [-0.4, -0.2) is 33.9 Å². The fourth-order valence-corrected chi connectivity index (χ4v) is 2.83. The number of hydrogen-bond donors (Lipinski definition) is 1. The Morgan fingerprint density at radius 3 is 2.86 bits per heavy atom. The minimum Gasteiger partial charge on any atom is -0.390 e. The summed E-state index contributed by atoms with van der Waals surface area (Å²) in [6.07, 6.45) is 2.71. The highest BCUT2D eigenvalue weighted by molar-refractivity contribution is 5.56. The second-order valence-corrected chi connectivity index (χ2v) is 6.18. The smallest absolute Gasteiger partial charge is 0.167 e. The van der Waals surface area contributed by atoms with Crippen LogP contribution in [0.2, 0.25) is 0 Å². The van der Waals surface area contributed by atoms with Gasteiger partial charge < -0.3 is 9.63 Å². The van der Waals surface area contributed by atoms with Gasteiger partial charge in [-0.3, -0.25) is 4.90 Å². The molecule has 1 fully saturated rings. The first-order valence-corrected chi connectivity index (χ1v) is 7.58. The molecule has 2 heterocycles. The Hall–Kier alpha value is -1.65. The van der Waals surface area contributed by atoms with E-state index >= 15 is 0 Å². The first kappa shape index (κ1) is 14.3. The highest BCUT2D eigenvalue weighted by Gasteiger charge is 2.25. The van der Waals surface area contributed by atoms with E-state index in [4.69, 9.17) is 4.52 Å². The molecule has 4 heteroatoms. The third kappa shape index (κ3) is 3.71. The number of rotatable bonds is 3. The van der Waals surface area contributed by atoms with Crippen molar-refractivity contribution in [3.05, 3.63) is 42.1 Å². The molecule has 4 nitrogen and oxygen atoms in total. The first-order chi connectivity index (χ1) is 10.1. The normalized spacial score (nSPS) is 23.9. The summed E-state index contributed by atoms with van der Waals surface area (Å²) in [5, 5.41) is 14.3. The zero-order chi connectivity index (χ0) is 14.7. The van der Waals surface area contributed by atoms with Crippen molar-refractivity contribution < 1.29 is 9.63 Å². The number of nitrogens with zero attached hydrogens (tertiary/aromatic N) is 2. The summed E-state index contributed by atoms with van der Waals surface area (Å²) in [6.45, 7) is 4.62. The van der Waals surface area contributed by atoms with Gasteiger partial charge in [0.25, 0.3) is 0 Å². The first-order valence-electron chi connectivity index (χ1n) is 7.58. The summed E-state index contributed by atoms with van der Waals surface area (Å²) >= 11 is 0. The van der Waals surface area contributed by atoms with Crippen molar-refractivity contribution in [3.63, 3.8) is 0 Å². The lowest BCUT2D eigenvalue weighted by atomic mass is 9.98. The third-order valence-corrected chi connectivity index (χ3v) is 4.16. The van der Waals surface area contributed by atoms with Crippen molar-refractivity contribution in [1.29, 1.82) is 0 Å². The molecule has 1 aliphatic heterocycles.